The third-order valence-corrected chi connectivity index (χ3v) is 4.30. The highest BCUT2D eigenvalue weighted by molar-refractivity contribution is 5.85. The van der Waals surface area contributed by atoms with Gasteiger partial charge < -0.3 is 19.7 Å². The molecule has 1 saturated carbocycles. The minimum Gasteiger partial charge on any atom is -0.490 e. The van der Waals surface area contributed by atoms with Gasteiger partial charge >= 0.3 is 0 Å². The first kappa shape index (κ1) is 14.4. The quantitative estimate of drug-likeness (QED) is 0.823. The van der Waals surface area contributed by atoms with Gasteiger partial charge in [0.15, 0.2) is 0 Å². The highest BCUT2D eigenvalue weighted by Gasteiger charge is 2.20. The average Bonchev–Trinajstić information content (AvgIpc) is 2.89. The summed E-state index contributed by atoms with van der Waals surface area (Å²) in [7, 11) is 2.08. The molecule has 0 bridgehead atoms. The van der Waals surface area contributed by atoms with Crippen LogP contribution in [0.15, 0.2) is 30.5 Å². The van der Waals surface area contributed by atoms with E-state index in [0.29, 0.717) is 13.2 Å². The minimum absolute atomic E-state index is 0.333. The van der Waals surface area contributed by atoms with Crippen LogP contribution < -0.4 is 4.74 Å². The van der Waals surface area contributed by atoms with Crippen molar-refractivity contribution in [3.05, 3.63) is 30.5 Å². The van der Waals surface area contributed by atoms with Crippen LogP contribution in [-0.2, 0) is 0 Å². The Morgan fingerprint density at radius 1 is 1.38 bits per heavy atom. The Balaban J connectivity index is 1.48. The van der Waals surface area contributed by atoms with Crippen molar-refractivity contribution in [1.82, 2.24) is 9.88 Å². The second-order valence-corrected chi connectivity index (χ2v) is 6.18. The molecular weight excluding hydrogens is 264 g/mol. The smallest absolute Gasteiger partial charge is 0.128 e. The Labute approximate surface area is 125 Å². The number of hydrogen-bond acceptors (Lipinski definition) is 3. The molecule has 0 radical (unpaired) electrons. The number of aromatic amines is 1. The molecule has 4 nitrogen and oxygen atoms in total. The predicted molar refractivity (Wildman–Crippen MR) is 84.6 cm³/mol. The molecule has 1 aromatic carbocycles. The van der Waals surface area contributed by atoms with Crippen molar-refractivity contribution in [2.75, 3.05) is 26.7 Å². The first-order chi connectivity index (χ1) is 10.2. The maximum atomic E-state index is 10.1. The topological polar surface area (TPSA) is 48.5 Å². The number of likely N-dealkylation sites (N-methyl/N-ethyl adjacent to an activating group) is 1. The zero-order chi connectivity index (χ0) is 14.7. The molecule has 1 fully saturated rings. The molecule has 0 amide bonds. The van der Waals surface area contributed by atoms with Crippen molar-refractivity contribution in [2.45, 2.75) is 25.4 Å². The van der Waals surface area contributed by atoms with Crippen molar-refractivity contribution in [3.8, 4) is 5.75 Å². The van der Waals surface area contributed by atoms with Crippen LogP contribution in [0.3, 0.4) is 0 Å². The van der Waals surface area contributed by atoms with Gasteiger partial charge in [-0.05, 0) is 44.0 Å². The summed E-state index contributed by atoms with van der Waals surface area (Å²) in [5, 5.41) is 11.2. The Kier molecular flexibility index (Phi) is 4.46. The number of aliphatic hydroxyl groups excluding tert-OH is 1. The number of fused-ring (bicyclic) bond motifs is 1. The molecule has 1 aliphatic carbocycles. The van der Waals surface area contributed by atoms with E-state index < -0.39 is 6.10 Å². The minimum atomic E-state index is -0.454. The lowest BCUT2D eigenvalue weighted by molar-refractivity contribution is 0.0670. The fourth-order valence-corrected chi connectivity index (χ4v) is 2.97. The number of benzene rings is 1. The van der Waals surface area contributed by atoms with E-state index in [-0.39, 0.29) is 0 Å². The Hall–Kier alpha value is -1.52. The van der Waals surface area contributed by atoms with Gasteiger partial charge in [-0.15, -0.1) is 0 Å². The Morgan fingerprint density at radius 3 is 3.00 bits per heavy atom. The summed E-state index contributed by atoms with van der Waals surface area (Å²) in [5.74, 6) is 1.66. The lowest BCUT2D eigenvalue weighted by Crippen LogP contribution is -2.37. The third-order valence-electron chi connectivity index (χ3n) is 4.30. The second kappa shape index (κ2) is 6.50. The maximum absolute atomic E-state index is 10.1. The van der Waals surface area contributed by atoms with Gasteiger partial charge in [0.1, 0.15) is 18.5 Å². The molecule has 21 heavy (non-hydrogen) atoms. The van der Waals surface area contributed by atoms with Crippen LogP contribution in [0.1, 0.15) is 19.3 Å². The molecule has 1 atom stereocenters. The number of aromatic nitrogens is 1. The van der Waals surface area contributed by atoms with Crippen molar-refractivity contribution in [1.29, 1.82) is 0 Å². The van der Waals surface area contributed by atoms with E-state index in [9.17, 15) is 5.11 Å². The maximum Gasteiger partial charge on any atom is 0.128 e. The first-order valence-corrected chi connectivity index (χ1v) is 7.78. The van der Waals surface area contributed by atoms with Crippen LogP contribution in [0, 0.1) is 5.92 Å². The van der Waals surface area contributed by atoms with Crippen LogP contribution in [-0.4, -0.2) is 47.8 Å². The molecule has 114 valence electrons. The number of H-pyrrole nitrogens is 1. The molecule has 1 heterocycles. The zero-order valence-corrected chi connectivity index (χ0v) is 12.6. The fourth-order valence-electron chi connectivity index (χ4n) is 2.97. The first-order valence-electron chi connectivity index (χ1n) is 7.78. The van der Waals surface area contributed by atoms with Crippen LogP contribution in [0.2, 0.25) is 0 Å². The number of rotatable bonds is 7. The van der Waals surface area contributed by atoms with E-state index in [1.54, 1.807) is 0 Å². The van der Waals surface area contributed by atoms with Gasteiger partial charge in [-0.1, -0.05) is 12.5 Å². The van der Waals surface area contributed by atoms with E-state index in [4.69, 9.17) is 4.74 Å². The van der Waals surface area contributed by atoms with E-state index in [1.165, 1.54) is 19.3 Å². The zero-order valence-electron chi connectivity index (χ0n) is 12.6. The van der Waals surface area contributed by atoms with Crippen molar-refractivity contribution in [3.63, 3.8) is 0 Å². The summed E-state index contributed by atoms with van der Waals surface area (Å²) >= 11 is 0. The molecule has 0 spiro atoms. The van der Waals surface area contributed by atoms with E-state index in [1.807, 2.05) is 30.5 Å². The normalized spacial score (nSPS) is 17.1. The summed E-state index contributed by atoms with van der Waals surface area (Å²) in [6, 6.07) is 7.93. The van der Waals surface area contributed by atoms with Gasteiger partial charge in [0, 0.05) is 30.2 Å². The monoisotopic (exact) mass is 288 g/mol. The van der Waals surface area contributed by atoms with Crippen LogP contribution >= 0.6 is 0 Å². The molecule has 0 aliphatic heterocycles. The molecular formula is C17H24N2O2. The van der Waals surface area contributed by atoms with Crippen LogP contribution in [0.25, 0.3) is 10.9 Å². The lowest BCUT2D eigenvalue weighted by Gasteiger charge is -2.31. The third kappa shape index (κ3) is 3.57. The van der Waals surface area contributed by atoms with E-state index >= 15 is 0 Å². The number of aliphatic hydroxyl groups is 1. The summed E-state index contributed by atoms with van der Waals surface area (Å²) in [6.07, 6.45) is 5.49. The summed E-state index contributed by atoms with van der Waals surface area (Å²) in [5.41, 5.74) is 1.06. The number of nitrogens with zero attached hydrogens (tertiary/aromatic N) is 1. The number of ether oxygens (including phenoxy) is 1. The standard InChI is InChI=1S/C17H24N2O2/c1-19(10-13-4-2-5-13)11-14(20)12-21-17-7-3-6-16-15(17)8-9-18-16/h3,6-9,13-14,18,20H,2,4-5,10-12H2,1H3. The van der Waals surface area contributed by atoms with Crippen molar-refractivity contribution in [2.24, 2.45) is 5.92 Å². The van der Waals surface area contributed by atoms with Gasteiger partial charge in [-0.3, -0.25) is 0 Å². The van der Waals surface area contributed by atoms with Crippen LogP contribution in [0.4, 0.5) is 0 Å². The summed E-state index contributed by atoms with van der Waals surface area (Å²) in [4.78, 5) is 5.38. The van der Waals surface area contributed by atoms with Gasteiger partial charge in [0.2, 0.25) is 0 Å². The number of hydrogen-bond donors (Lipinski definition) is 2. The molecule has 4 heteroatoms. The summed E-state index contributed by atoms with van der Waals surface area (Å²) in [6.45, 7) is 2.09. The van der Waals surface area contributed by atoms with Gasteiger partial charge in [0.05, 0.1) is 0 Å². The molecule has 1 aliphatic rings. The van der Waals surface area contributed by atoms with Gasteiger partial charge in [-0.2, -0.15) is 0 Å². The molecule has 2 N–H and O–H groups in total. The summed E-state index contributed by atoms with van der Waals surface area (Å²) < 4.78 is 5.79. The highest BCUT2D eigenvalue weighted by Crippen LogP contribution is 2.27. The SMILES string of the molecule is CN(CC(O)COc1cccc2[nH]ccc12)CC1CCC1. The van der Waals surface area contributed by atoms with Crippen molar-refractivity contribution >= 4 is 10.9 Å². The molecule has 1 aromatic heterocycles. The number of nitrogens with one attached hydrogen (secondary N) is 1. The molecule has 0 saturated heterocycles. The molecule has 1 unspecified atom stereocenters. The molecule has 2 aromatic rings. The Bertz CT molecular complexity index is 577. The van der Waals surface area contributed by atoms with Gasteiger partial charge in [0.25, 0.3) is 0 Å². The predicted octanol–water partition coefficient (Wildman–Crippen LogP) is 2.64. The van der Waals surface area contributed by atoms with Crippen LogP contribution in [0.5, 0.6) is 5.75 Å². The van der Waals surface area contributed by atoms with E-state index in [0.717, 1.165) is 29.1 Å². The van der Waals surface area contributed by atoms with E-state index in [2.05, 4.69) is 16.9 Å². The van der Waals surface area contributed by atoms with Crippen molar-refractivity contribution < 1.29 is 9.84 Å². The second-order valence-electron chi connectivity index (χ2n) is 6.18. The lowest BCUT2D eigenvalue weighted by atomic mass is 9.85. The highest BCUT2D eigenvalue weighted by atomic mass is 16.5. The molecule has 3 rings (SSSR count). The largest absolute Gasteiger partial charge is 0.490 e. The fraction of sp³-hybridized carbons (Fsp3) is 0.529. The van der Waals surface area contributed by atoms with Gasteiger partial charge in [-0.25, -0.2) is 0 Å². The Morgan fingerprint density at radius 2 is 2.24 bits per heavy atom. The average molecular weight is 288 g/mol.